The molecule has 0 saturated carbocycles. The molecule has 1 aromatic heterocycles. The fraction of sp³-hybridized carbons (Fsp3) is 0.455. The summed E-state index contributed by atoms with van der Waals surface area (Å²) in [5.41, 5.74) is 2.72. The van der Waals surface area contributed by atoms with Crippen LogP contribution in [-0.4, -0.2) is 34.6 Å². The second kappa shape index (κ2) is 5.87. The molecule has 0 radical (unpaired) electrons. The SMILES string of the molecule is CC(C)N(CC(F)(F)F)C(=O)c1ccc(NN)cn1. The molecule has 5 nitrogen and oxygen atoms in total. The minimum Gasteiger partial charge on any atom is -0.326 e. The molecule has 1 aromatic rings. The number of nitrogen functional groups attached to an aromatic ring is 1. The smallest absolute Gasteiger partial charge is 0.326 e. The van der Waals surface area contributed by atoms with E-state index in [0.717, 1.165) is 4.90 Å². The van der Waals surface area contributed by atoms with Crippen molar-refractivity contribution < 1.29 is 18.0 Å². The summed E-state index contributed by atoms with van der Waals surface area (Å²) in [5.74, 6) is 4.37. The first-order valence-corrected chi connectivity index (χ1v) is 5.55. The molecule has 0 saturated heterocycles. The van der Waals surface area contributed by atoms with Crippen molar-refractivity contribution in [3.8, 4) is 0 Å². The molecule has 1 amide bonds. The largest absolute Gasteiger partial charge is 0.406 e. The number of hydrogen-bond acceptors (Lipinski definition) is 4. The molecular weight excluding hydrogens is 261 g/mol. The summed E-state index contributed by atoms with van der Waals surface area (Å²) in [6.07, 6.45) is -3.17. The molecular formula is C11H15F3N4O. The van der Waals surface area contributed by atoms with Crippen molar-refractivity contribution in [3.05, 3.63) is 24.0 Å². The van der Waals surface area contributed by atoms with E-state index in [2.05, 4.69) is 10.4 Å². The number of halogens is 3. The van der Waals surface area contributed by atoms with E-state index in [-0.39, 0.29) is 5.69 Å². The van der Waals surface area contributed by atoms with Crippen LogP contribution in [0, 0.1) is 0 Å². The molecule has 0 atom stereocenters. The highest BCUT2D eigenvalue weighted by molar-refractivity contribution is 5.92. The average Bonchev–Trinajstić information content (AvgIpc) is 2.34. The lowest BCUT2D eigenvalue weighted by Gasteiger charge is -2.27. The maximum absolute atomic E-state index is 12.4. The molecule has 0 aliphatic carbocycles. The number of alkyl halides is 3. The minimum absolute atomic E-state index is 0.0584. The molecule has 0 fully saturated rings. The van der Waals surface area contributed by atoms with Crippen molar-refractivity contribution >= 4 is 11.6 Å². The highest BCUT2D eigenvalue weighted by Gasteiger charge is 2.34. The van der Waals surface area contributed by atoms with E-state index >= 15 is 0 Å². The number of hydrazine groups is 1. The molecule has 19 heavy (non-hydrogen) atoms. The summed E-state index contributed by atoms with van der Waals surface area (Å²) in [7, 11) is 0. The van der Waals surface area contributed by atoms with Gasteiger partial charge in [0.15, 0.2) is 0 Å². The van der Waals surface area contributed by atoms with Gasteiger partial charge in [-0.05, 0) is 26.0 Å². The van der Waals surface area contributed by atoms with Gasteiger partial charge in [-0.25, -0.2) is 4.98 Å². The molecule has 0 spiro atoms. The van der Waals surface area contributed by atoms with Crippen molar-refractivity contribution in [3.63, 3.8) is 0 Å². The first-order chi connectivity index (χ1) is 8.74. The molecule has 106 valence electrons. The molecule has 3 N–H and O–H groups in total. The Morgan fingerprint density at radius 2 is 2.11 bits per heavy atom. The van der Waals surface area contributed by atoms with Crippen molar-refractivity contribution in [2.45, 2.75) is 26.1 Å². The van der Waals surface area contributed by atoms with E-state index in [9.17, 15) is 18.0 Å². The number of carbonyl (C=O) groups excluding carboxylic acids is 1. The van der Waals surface area contributed by atoms with Crippen LogP contribution >= 0.6 is 0 Å². The predicted molar refractivity (Wildman–Crippen MR) is 64.3 cm³/mol. The second-order valence-electron chi connectivity index (χ2n) is 4.22. The zero-order valence-corrected chi connectivity index (χ0v) is 10.5. The first-order valence-electron chi connectivity index (χ1n) is 5.55. The molecule has 0 aliphatic rings. The van der Waals surface area contributed by atoms with E-state index in [1.807, 2.05) is 0 Å². The number of nitrogens with one attached hydrogen (secondary N) is 1. The van der Waals surface area contributed by atoms with Gasteiger partial charge in [0.2, 0.25) is 0 Å². The van der Waals surface area contributed by atoms with E-state index in [1.54, 1.807) is 0 Å². The molecule has 0 aliphatic heterocycles. The molecule has 8 heteroatoms. The number of aromatic nitrogens is 1. The molecule has 0 bridgehead atoms. The van der Waals surface area contributed by atoms with Gasteiger partial charge >= 0.3 is 6.18 Å². The van der Waals surface area contributed by atoms with Gasteiger partial charge in [0.05, 0.1) is 11.9 Å². The van der Waals surface area contributed by atoms with Crippen molar-refractivity contribution in [2.75, 3.05) is 12.0 Å². The lowest BCUT2D eigenvalue weighted by atomic mass is 10.2. The van der Waals surface area contributed by atoms with Crippen LogP contribution in [0.2, 0.25) is 0 Å². The summed E-state index contributed by atoms with van der Waals surface area (Å²) in [6, 6.07) is 2.21. The summed E-state index contributed by atoms with van der Waals surface area (Å²) in [6.45, 7) is 1.72. The van der Waals surface area contributed by atoms with Crippen molar-refractivity contribution in [1.29, 1.82) is 0 Å². The topological polar surface area (TPSA) is 71.2 Å². The Bertz CT molecular complexity index is 431. The van der Waals surface area contributed by atoms with Crippen molar-refractivity contribution in [2.24, 2.45) is 5.84 Å². The third-order valence-corrected chi connectivity index (χ3v) is 2.38. The van der Waals surface area contributed by atoms with Gasteiger partial charge in [0.1, 0.15) is 12.2 Å². The second-order valence-corrected chi connectivity index (χ2v) is 4.22. The normalized spacial score (nSPS) is 11.5. The Kier molecular flexibility index (Phi) is 4.71. The van der Waals surface area contributed by atoms with Crippen LogP contribution in [0.4, 0.5) is 18.9 Å². The fourth-order valence-electron chi connectivity index (χ4n) is 1.43. The number of amides is 1. The Labute approximate surface area is 108 Å². The molecule has 1 rings (SSSR count). The average molecular weight is 276 g/mol. The monoisotopic (exact) mass is 276 g/mol. The fourth-order valence-corrected chi connectivity index (χ4v) is 1.43. The van der Waals surface area contributed by atoms with Crippen LogP contribution in [0.25, 0.3) is 0 Å². The van der Waals surface area contributed by atoms with E-state index in [0.29, 0.717) is 5.69 Å². The first kappa shape index (κ1) is 15.2. The Morgan fingerprint density at radius 1 is 1.47 bits per heavy atom. The standard InChI is InChI=1S/C11H15F3N4O/c1-7(2)18(6-11(12,13)14)10(19)9-4-3-8(17-15)5-16-9/h3-5,7,17H,6,15H2,1-2H3. The van der Waals surface area contributed by atoms with Gasteiger partial charge < -0.3 is 10.3 Å². The van der Waals surface area contributed by atoms with Crippen LogP contribution in [0.1, 0.15) is 24.3 Å². The summed E-state index contributed by atoms with van der Waals surface area (Å²) < 4.78 is 37.3. The number of nitrogens with two attached hydrogens (primary N) is 1. The molecule has 0 unspecified atom stereocenters. The number of hydrogen-bond donors (Lipinski definition) is 2. The number of pyridine rings is 1. The maximum Gasteiger partial charge on any atom is 0.406 e. The Hall–Kier alpha value is -1.83. The maximum atomic E-state index is 12.4. The van der Waals surface area contributed by atoms with Gasteiger partial charge in [-0.15, -0.1) is 0 Å². The van der Waals surface area contributed by atoms with Crippen LogP contribution in [0.5, 0.6) is 0 Å². The third kappa shape index (κ3) is 4.40. The highest BCUT2D eigenvalue weighted by Crippen LogP contribution is 2.19. The summed E-state index contributed by atoms with van der Waals surface area (Å²) in [4.78, 5) is 16.5. The van der Waals surface area contributed by atoms with Gasteiger partial charge in [-0.1, -0.05) is 0 Å². The van der Waals surface area contributed by atoms with E-state index in [4.69, 9.17) is 5.84 Å². The molecule has 1 heterocycles. The number of anilines is 1. The lowest BCUT2D eigenvalue weighted by Crippen LogP contribution is -2.43. The summed E-state index contributed by atoms with van der Waals surface area (Å²) in [5, 5.41) is 0. The van der Waals surface area contributed by atoms with E-state index in [1.165, 1.54) is 32.2 Å². The number of nitrogens with zero attached hydrogens (tertiary/aromatic N) is 2. The predicted octanol–water partition coefficient (Wildman–Crippen LogP) is 1.78. The lowest BCUT2D eigenvalue weighted by molar-refractivity contribution is -0.143. The van der Waals surface area contributed by atoms with Crippen LogP contribution in [0.3, 0.4) is 0 Å². The number of rotatable bonds is 4. The molecule has 0 aromatic carbocycles. The van der Waals surface area contributed by atoms with Crippen molar-refractivity contribution in [1.82, 2.24) is 9.88 Å². The number of carbonyl (C=O) groups is 1. The van der Waals surface area contributed by atoms with Crippen LogP contribution in [0.15, 0.2) is 18.3 Å². The van der Waals surface area contributed by atoms with Crippen LogP contribution in [-0.2, 0) is 0 Å². The van der Waals surface area contributed by atoms with E-state index < -0.39 is 24.7 Å². The summed E-state index contributed by atoms with van der Waals surface area (Å²) >= 11 is 0. The Balaban J connectivity index is 2.92. The van der Waals surface area contributed by atoms with Gasteiger partial charge in [-0.2, -0.15) is 13.2 Å². The highest BCUT2D eigenvalue weighted by atomic mass is 19.4. The quantitative estimate of drug-likeness (QED) is 0.649. The van der Waals surface area contributed by atoms with Crippen LogP contribution < -0.4 is 11.3 Å². The zero-order valence-electron chi connectivity index (χ0n) is 10.5. The zero-order chi connectivity index (χ0) is 14.6. The Morgan fingerprint density at radius 3 is 2.47 bits per heavy atom. The third-order valence-electron chi connectivity index (χ3n) is 2.38. The minimum atomic E-state index is -4.45. The van der Waals surface area contributed by atoms with Gasteiger partial charge in [0, 0.05) is 6.04 Å². The van der Waals surface area contributed by atoms with Gasteiger partial charge in [0.25, 0.3) is 5.91 Å². The van der Waals surface area contributed by atoms with Gasteiger partial charge in [-0.3, -0.25) is 10.6 Å².